The van der Waals surface area contributed by atoms with Crippen molar-refractivity contribution in [1.29, 1.82) is 0 Å². The minimum atomic E-state index is -3.84. The molecule has 1 N–H and O–H groups in total. The van der Waals surface area contributed by atoms with E-state index in [1.807, 2.05) is 29.9 Å². The Morgan fingerprint density at radius 2 is 1.58 bits per heavy atom. The quantitative estimate of drug-likeness (QED) is 0.715. The number of hydrogen-bond donors (Lipinski definition) is 1. The summed E-state index contributed by atoms with van der Waals surface area (Å²) in [6.07, 6.45) is 1.92. The molecule has 7 nitrogen and oxygen atoms in total. The van der Waals surface area contributed by atoms with Crippen molar-refractivity contribution in [2.75, 3.05) is 26.1 Å². The lowest BCUT2D eigenvalue weighted by molar-refractivity contribution is 0.323. The van der Waals surface area contributed by atoms with Crippen molar-refractivity contribution in [1.82, 2.24) is 4.57 Å². The number of ether oxygens (including phenoxy) is 3. The molecule has 0 saturated heterocycles. The van der Waals surface area contributed by atoms with E-state index in [-0.39, 0.29) is 16.4 Å². The Morgan fingerprint density at radius 3 is 2.15 bits per heavy atom. The Morgan fingerprint density at radius 1 is 0.923 bits per heavy atom. The maximum atomic E-state index is 12.8. The lowest BCUT2D eigenvalue weighted by Crippen LogP contribution is -2.13. The molecule has 0 amide bonds. The van der Waals surface area contributed by atoms with Gasteiger partial charge in [0, 0.05) is 30.9 Å². The summed E-state index contributed by atoms with van der Waals surface area (Å²) in [4.78, 5) is 0.0129. The molecular formula is C18H20N2O5S. The topological polar surface area (TPSA) is 78.8 Å². The molecule has 0 atom stereocenters. The number of aryl methyl sites for hydroxylation is 1. The van der Waals surface area contributed by atoms with Crippen LogP contribution in [0.5, 0.6) is 17.2 Å². The SMILES string of the molecule is COc1cc(S(=O)(=O)Nc2ccc3ccn(C)c3c2)cc(OC)c1OC. The van der Waals surface area contributed by atoms with Gasteiger partial charge in [0.05, 0.1) is 31.9 Å². The van der Waals surface area contributed by atoms with Crippen LogP contribution in [-0.4, -0.2) is 34.3 Å². The van der Waals surface area contributed by atoms with Gasteiger partial charge in [-0.25, -0.2) is 8.42 Å². The van der Waals surface area contributed by atoms with Crippen LogP contribution in [0, 0.1) is 0 Å². The number of hydrogen-bond acceptors (Lipinski definition) is 5. The summed E-state index contributed by atoms with van der Waals surface area (Å²) in [6, 6.07) is 10.1. The van der Waals surface area contributed by atoms with Gasteiger partial charge in [0.25, 0.3) is 10.0 Å². The van der Waals surface area contributed by atoms with E-state index in [4.69, 9.17) is 14.2 Å². The number of sulfonamides is 1. The maximum Gasteiger partial charge on any atom is 0.262 e. The third kappa shape index (κ3) is 3.15. The van der Waals surface area contributed by atoms with Crippen LogP contribution in [0.4, 0.5) is 5.69 Å². The Bertz CT molecular complexity index is 1030. The van der Waals surface area contributed by atoms with E-state index >= 15 is 0 Å². The third-order valence-electron chi connectivity index (χ3n) is 4.09. The third-order valence-corrected chi connectivity index (χ3v) is 5.45. The number of methoxy groups -OCH3 is 3. The number of rotatable bonds is 6. The van der Waals surface area contributed by atoms with Crippen LogP contribution in [0.1, 0.15) is 0 Å². The second-order valence-electron chi connectivity index (χ2n) is 5.67. The smallest absolute Gasteiger partial charge is 0.262 e. The lowest BCUT2D eigenvalue weighted by atomic mass is 10.2. The molecule has 0 bridgehead atoms. The Labute approximate surface area is 152 Å². The summed E-state index contributed by atoms with van der Waals surface area (Å²) in [7, 11) is 2.39. The van der Waals surface area contributed by atoms with Crippen LogP contribution in [-0.2, 0) is 17.1 Å². The van der Waals surface area contributed by atoms with E-state index < -0.39 is 10.0 Å². The van der Waals surface area contributed by atoms with Crippen LogP contribution >= 0.6 is 0 Å². The first kappa shape index (κ1) is 17.9. The van der Waals surface area contributed by atoms with Crippen LogP contribution in [0.2, 0.25) is 0 Å². The van der Waals surface area contributed by atoms with E-state index in [1.54, 1.807) is 12.1 Å². The summed E-state index contributed by atoms with van der Waals surface area (Å²) in [5.41, 5.74) is 1.39. The second kappa shape index (κ2) is 6.80. The van der Waals surface area contributed by atoms with E-state index in [9.17, 15) is 8.42 Å². The molecule has 2 aromatic carbocycles. The van der Waals surface area contributed by atoms with Crippen LogP contribution in [0.25, 0.3) is 10.9 Å². The molecular weight excluding hydrogens is 356 g/mol. The van der Waals surface area contributed by atoms with E-state index in [1.165, 1.54) is 33.5 Å². The molecule has 0 aliphatic carbocycles. The van der Waals surface area contributed by atoms with Crippen LogP contribution < -0.4 is 18.9 Å². The molecule has 0 saturated carbocycles. The minimum Gasteiger partial charge on any atom is -0.493 e. The van der Waals surface area contributed by atoms with Gasteiger partial charge in [-0.05, 0) is 23.6 Å². The molecule has 3 aromatic rings. The molecule has 26 heavy (non-hydrogen) atoms. The minimum absolute atomic E-state index is 0.0129. The molecule has 1 heterocycles. The van der Waals surface area contributed by atoms with Crippen molar-refractivity contribution in [2.24, 2.45) is 7.05 Å². The van der Waals surface area contributed by atoms with Crippen molar-refractivity contribution in [3.8, 4) is 17.2 Å². The number of nitrogens with zero attached hydrogens (tertiary/aromatic N) is 1. The predicted molar refractivity (Wildman–Crippen MR) is 99.8 cm³/mol. The summed E-state index contributed by atoms with van der Waals surface area (Å²) >= 11 is 0. The molecule has 3 rings (SSSR count). The Hall–Kier alpha value is -2.87. The zero-order chi connectivity index (χ0) is 18.9. The molecule has 0 aliphatic heterocycles. The predicted octanol–water partition coefficient (Wildman–Crippen LogP) is 3.00. The van der Waals surface area contributed by atoms with Crippen molar-refractivity contribution >= 4 is 26.6 Å². The highest BCUT2D eigenvalue weighted by Crippen LogP contribution is 2.39. The first-order valence-electron chi connectivity index (χ1n) is 7.77. The zero-order valence-corrected chi connectivity index (χ0v) is 15.8. The molecule has 138 valence electrons. The summed E-state index contributed by atoms with van der Waals surface area (Å²) < 4.78 is 45.9. The first-order chi connectivity index (χ1) is 12.4. The maximum absolute atomic E-state index is 12.8. The largest absolute Gasteiger partial charge is 0.493 e. The average molecular weight is 376 g/mol. The Kier molecular flexibility index (Phi) is 4.69. The number of benzene rings is 2. The number of aromatic nitrogens is 1. The molecule has 1 aromatic heterocycles. The van der Waals surface area contributed by atoms with Gasteiger partial charge in [-0.15, -0.1) is 0 Å². The average Bonchev–Trinajstić information content (AvgIpc) is 3.00. The standard InChI is InChI=1S/C18H20N2O5S/c1-20-8-7-12-5-6-13(9-15(12)20)19-26(21,22)14-10-16(23-2)18(25-4)17(11-14)24-3/h5-11,19H,1-4H3. The van der Waals surface area contributed by atoms with Crippen LogP contribution in [0.3, 0.4) is 0 Å². The fourth-order valence-electron chi connectivity index (χ4n) is 2.75. The molecule has 0 fully saturated rings. The molecule has 0 aliphatic rings. The summed E-state index contributed by atoms with van der Waals surface area (Å²) in [6.45, 7) is 0. The second-order valence-corrected chi connectivity index (χ2v) is 7.35. The first-order valence-corrected chi connectivity index (χ1v) is 9.26. The van der Waals surface area contributed by atoms with Gasteiger partial charge in [0.1, 0.15) is 0 Å². The van der Waals surface area contributed by atoms with Gasteiger partial charge >= 0.3 is 0 Å². The van der Waals surface area contributed by atoms with Gasteiger partial charge in [-0.3, -0.25) is 4.72 Å². The number of fused-ring (bicyclic) bond motifs is 1. The monoisotopic (exact) mass is 376 g/mol. The van der Waals surface area contributed by atoms with Gasteiger partial charge in [0.15, 0.2) is 11.5 Å². The lowest BCUT2D eigenvalue weighted by Gasteiger charge is -2.15. The normalized spacial score (nSPS) is 11.4. The molecule has 0 spiro atoms. The molecule has 0 unspecified atom stereocenters. The van der Waals surface area contributed by atoms with Crippen LogP contribution in [0.15, 0.2) is 47.5 Å². The van der Waals surface area contributed by atoms with Gasteiger partial charge in [0.2, 0.25) is 5.75 Å². The van der Waals surface area contributed by atoms with Crippen molar-refractivity contribution in [2.45, 2.75) is 4.90 Å². The van der Waals surface area contributed by atoms with Gasteiger partial charge < -0.3 is 18.8 Å². The highest BCUT2D eigenvalue weighted by Gasteiger charge is 2.21. The van der Waals surface area contributed by atoms with E-state index in [0.717, 1.165) is 10.9 Å². The van der Waals surface area contributed by atoms with E-state index in [2.05, 4.69) is 4.72 Å². The van der Waals surface area contributed by atoms with Crippen molar-refractivity contribution in [3.05, 3.63) is 42.6 Å². The van der Waals surface area contributed by atoms with Gasteiger partial charge in [-0.2, -0.15) is 0 Å². The highest BCUT2D eigenvalue weighted by molar-refractivity contribution is 7.92. The molecule has 0 radical (unpaired) electrons. The molecule has 8 heteroatoms. The number of anilines is 1. The van der Waals surface area contributed by atoms with Gasteiger partial charge in [-0.1, -0.05) is 6.07 Å². The number of nitrogens with one attached hydrogen (secondary N) is 1. The fourth-order valence-corrected chi connectivity index (χ4v) is 3.83. The summed E-state index contributed by atoms with van der Waals surface area (Å²) in [5, 5.41) is 1.03. The van der Waals surface area contributed by atoms with Crippen molar-refractivity contribution < 1.29 is 22.6 Å². The summed E-state index contributed by atoms with van der Waals surface area (Å²) in [5.74, 6) is 0.870. The van der Waals surface area contributed by atoms with E-state index in [0.29, 0.717) is 11.4 Å². The highest BCUT2D eigenvalue weighted by atomic mass is 32.2. The zero-order valence-electron chi connectivity index (χ0n) is 14.9. The fraction of sp³-hybridized carbons (Fsp3) is 0.222. The Balaban J connectivity index is 2.02. The van der Waals surface area contributed by atoms with Crippen molar-refractivity contribution in [3.63, 3.8) is 0 Å².